The van der Waals surface area contributed by atoms with Gasteiger partial charge in [-0.05, 0) is 48.3 Å². The predicted octanol–water partition coefficient (Wildman–Crippen LogP) is 4.62. The van der Waals surface area contributed by atoms with Crippen LogP contribution >= 0.6 is 24.0 Å². The zero-order valence-electron chi connectivity index (χ0n) is 20.4. The SMILES string of the molecule is O=C(O)C(Cc1ccc(-c2ccsc2)nc1)NC(=O)C1(NC(=O)[C@@H](S)CC2CCCCC2)CCCC1. The van der Waals surface area contributed by atoms with Crippen LogP contribution in [0.15, 0.2) is 35.2 Å². The zero-order valence-corrected chi connectivity index (χ0v) is 22.2. The number of carbonyl (C=O) groups excluding carboxylic acids is 2. The fraction of sp³-hybridized carbons (Fsp3) is 0.556. The van der Waals surface area contributed by atoms with Crippen molar-refractivity contribution >= 4 is 41.7 Å². The Bertz CT molecular complexity index is 1030. The molecule has 194 valence electrons. The van der Waals surface area contributed by atoms with Gasteiger partial charge in [-0.25, -0.2) is 4.79 Å². The van der Waals surface area contributed by atoms with Crippen LogP contribution in [0.2, 0.25) is 0 Å². The molecule has 2 aromatic heterocycles. The number of amides is 2. The van der Waals surface area contributed by atoms with E-state index in [0.29, 0.717) is 30.7 Å². The van der Waals surface area contributed by atoms with Gasteiger partial charge in [0, 0.05) is 23.6 Å². The summed E-state index contributed by atoms with van der Waals surface area (Å²) in [6.45, 7) is 0. The molecule has 2 aliphatic rings. The minimum Gasteiger partial charge on any atom is -0.480 e. The smallest absolute Gasteiger partial charge is 0.326 e. The molecule has 0 aliphatic heterocycles. The fourth-order valence-corrected chi connectivity index (χ4v) is 6.42. The van der Waals surface area contributed by atoms with Crippen LogP contribution in [-0.2, 0) is 20.8 Å². The molecule has 0 bridgehead atoms. The van der Waals surface area contributed by atoms with E-state index < -0.39 is 28.7 Å². The number of hydrogen-bond donors (Lipinski definition) is 4. The molecular formula is C27H35N3O4S2. The molecule has 2 saturated carbocycles. The van der Waals surface area contributed by atoms with Crippen molar-refractivity contribution in [3.63, 3.8) is 0 Å². The number of thiophene rings is 1. The highest BCUT2D eigenvalue weighted by Crippen LogP contribution is 2.32. The van der Waals surface area contributed by atoms with Gasteiger partial charge in [0.25, 0.3) is 0 Å². The molecule has 2 amide bonds. The number of nitrogens with zero attached hydrogens (tertiary/aromatic N) is 1. The molecule has 2 aromatic rings. The number of aromatic nitrogens is 1. The summed E-state index contributed by atoms with van der Waals surface area (Å²) >= 11 is 6.15. The molecule has 9 heteroatoms. The van der Waals surface area contributed by atoms with Gasteiger partial charge in [-0.1, -0.05) is 51.0 Å². The number of rotatable bonds is 10. The Labute approximate surface area is 221 Å². The van der Waals surface area contributed by atoms with Crippen molar-refractivity contribution in [2.45, 2.75) is 87.5 Å². The van der Waals surface area contributed by atoms with E-state index in [1.54, 1.807) is 17.5 Å². The van der Waals surface area contributed by atoms with Crippen molar-refractivity contribution in [1.82, 2.24) is 15.6 Å². The maximum atomic E-state index is 13.4. The number of thiol groups is 1. The molecule has 2 atom stereocenters. The van der Waals surface area contributed by atoms with Gasteiger partial charge in [-0.2, -0.15) is 24.0 Å². The van der Waals surface area contributed by atoms with Crippen molar-refractivity contribution in [3.05, 3.63) is 40.7 Å². The molecule has 0 aromatic carbocycles. The Morgan fingerprint density at radius 1 is 1.11 bits per heavy atom. The van der Waals surface area contributed by atoms with Crippen molar-refractivity contribution in [2.75, 3.05) is 0 Å². The first-order valence-corrected chi connectivity index (χ1v) is 14.3. The highest BCUT2D eigenvalue weighted by Gasteiger charge is 2.44. The van der Waals surface area contributed by atoms with Crippen LogP contribution in [0.4, 0.5) is 0 Å². The van der Waals surface area contributed by atoms with Crippen LogP contribution < -0.4 is 10.6 Å². The van der Waals surface area contributed by atoms with Crippen LogP contribution in [0.5, 0.6) is 0 Å². The normalized spacial score (nSPS) is 19.4. The zero-order chi connectivity index (χ0) is 25.5. The summed E-state index contributed by atoms with van der Waals surface area (Å²) in [4.78, 5) is 42.9. The summed E-state index contributed by atoms with van der Waals surface area (Å²) in [6, 6.07) is 4.56. The largest absolute Gasteiger partial charge is 0.480 e. The molecule has 4 rings (SSSR count). The highest BCUT2D eigenvalue weighted by molar-refractivity contribution is 7.81. The second kappa shape index (κ2) is 12.2. The third-order valence-electron chi connectivity index (χ3n) is 7.52. The molecular weight excluding hydrogens is 494 g/mol. The first-order chi connectivity index (χ1) is 17.4. The summed E-state index contributed by atoms with van der Waals surface area (Å²) in [5, 5.41) is 19.0. The van der Waals surface area contributed by atoms with Gasteiger partial charge >= 0.3 is 5.97 Å². The molecule has 2 aliphatic carbocycles. The van der Waals surface area contributed by atoms with Gasteiger partial charge in [-0.15, -0.1) is 0 Å². The lowest BCUT2D eigenvalue weighted by Gasteiger charge is -2.32. The van der Waals surface area contributed by atoms with Crippen molar-refractivity contribution in [3.8, 4) is 11.3 Å². The summed E-state index contributed by atoms with van der Waals surface area (Å²) in [5.41, 5.74) is 1.46. The van der Waals surface area contributed by atoms with E-state index in [2.05, 4.69) is 28.2 Å². The summed E-state index contributed by atoms with van der Waals surface area (Å²) in [7, 11) is 0. The maximum absolute atomic E-state index is 13.4. The van der Waals surface area contributed by atoms with Gasteiger partial charge in [0.1, 0.15) is 11.6 Å². The molecule has 0 spiro atoms. The third-order valence-corrected chi connectivity index (χ3v) is 8.65. The van der Waals surface area contributed by atoms with Crippen molar-refractivity contribution < 1.29 is 19.5 Å². The second-order valence-corrected chi connectivity index (χ2v) is 11.6. The standard InChI is InChI=1S/C27H35N3O4S2/c31-24(23(35)15-18-6-2-1-3-7-18)30-27(11-4-5-12-27)26(34)29-22(25(32)33)14-19-8-9-21(28-16-19)20-10-13-36-17-20/h8-10,13,16-18,22-23,35H,1-7,11-12,14-15H2,(H,29,34)(H,30,31)(H,32,33)/t22?,23-/m0/s1. The molecule has 2 heterocycles. The Kier molecular flexibility index (Phi) is 9.06. The Morgan fingerprint density at radius 3 is 2.47 bits per heavy atom. The lowest BCUT2D eigenvalue weighted by Crippen LogP contribution is -2.61. The number of hydrogen-bond acceptors (Lipinski definition) is 6. The second-order valence-electron chi connectivity index (χ2n) is 10.2. The molecule has 7 nitrogen and oxygen atoms in total. The summed E-state index contributed by atoms with van der Waals surface area (Å²) < 4.78 is 0. The quantitative estimate of drug-likeness (QED) is 0.336. The van der Waals surface area contributed by atoms with Crippen molar-refractivity contribution in [2.24, 2.45) is 5.92 Å². The van der Waals surface area contributed by atoms with Crippen LogP contribution in [0, 0.1) is 5.92 Å². The summed E-state index contributed by atoms with van der Waals surface area (Å²) in [6.07, 6.45) is 11.0. The number of carbonyl (C=O) groups is 3. The topological polar surface area (TPSA) is 108 Å². The average Bonchev–Trinajstić information content (AvgIpc) is 3.58. The van der Waals surface area contributed by atoms with Gasteiger partial charge in [0.15, 0.2) is 0 Å². The van der Waals surface area contributed by atoms with E-state index >= 15 is 0 Å². The number of pyridine rings is 1. The van der Waals surface area contributed by atoms with E-state index in [1.807, 2.05) is 29.0 Å². The molecule has 0 radical (unpaired) electrons. The molecule has 3 N–H and O–H groups in total. The van der Waals surface area contributed by atoms with Gasteiger partial charge < -0.3 is 15.7 Å². The molecule has 1 unspecified atom stereocenters. The minimum atomic E-state index is -1.12. The fourth-order valence-electron chi connectivity index (χ4n) is 5.41. The first-order valence-electron chi connectivity index (χ1n) is 12.9. The minimum absolute atomic E-state index is 0.110. The van der Waals surface area contributed by atoms with E-state index in [4.69, 9.17) is 0 Å². The van der Waals surface area contributed by atoms with E-state index in [-0.39, 0.29) is 12.3 Å². The molecule has 2 fully saturated rings. The Balaban J connectivity index is 1.39. The molecule has 0 saturated heterocycles. The summed E-state index contributed by atoms with van der Waals surface area (Å²) in [5.74, 6) is -1.28. The van der Waals surface area contributed by atoms with Crippen molar-refractivity contribution in [1.29, 1.82) is 0 Å². The Morgan fingerprint density at radius 2 is 1.86 bits per heavy atom. The number of carboxylic acids is 1. The Hall–Kier alpha value is -2.39. The first kappa shape index (κ1) is 26.7. The van der Waals surface area contributed by atoms with Crippen LogP contribution in [0.25, 0.3) is 11.3 Å². The van der Waals surface area contributed by atoms with Gasteiger partial charge in [0.2, 0.25) is 11.8 Å². The third kappa shape index (κ3) is 6.68. The van der Waals surface area contributed by atoms with E-state index in [0.717, 1.165) is 36.9 Å². The lowest BCUT2D eigenvalue weighted by molar-refractivity contribution is -0.143. The van der Waals surface area contributed by atoms with Crippen LogP contribution in [0.1, 0.15) is 69.8 Å². The number of nitrogens with one attached hydrogen (secondary N) is 2. The maximum Gasteiger partial charge on any atom is 0.326 e. The van der Waals surface area contributed by atoms with Gasteiger partial charge in [-0.3, -0.25) is 14.6 Å². The highest BCUT2D eigenvalue weighted by atomic mass is 32.1. The lowest BCUT2D eigenvalue weighted by atomic mass is 9.85. The number of aliphatic carboxylic acids is 1. The van der Waals surface area contributed by atoms with E-state index in [9.17, 15) is 19.5 Å². The number of carboxylic acid groups (broad SMARTS) is 1. The van der Waals surface area contributed by atoms with Crippen LogP contribution in [0.3, 0.4) is 0 Å². The monoisotopic (exact) mass is 529 g/mol. The van der Waals surface area contributed by atoms with Crippen LogP contribution in [-0.4, -0.2) is 44.7 Å². The molecule has 36 heavy (non-hydrogen) atoms. The predicted molar refractivity (Wildman–Crippen MR) is 144 cm³/mol. The average molecular weight is 530 g/mol. The van der Waals surface area contributed by atoms with E-state index in [1.165, 1.54) is 19.3 Å². The van der Waals surface area contributed by atoms with Gasteiger partial charge in [0.05, 0.1) is 10.9 Å².